The molecule has 0 aliphatic heterocycles. The number of benzene rings is 2. The number of carboxylic acid groups (broad SMARTS) is 1. The zero-order valence-corrected chi connectivity index (χ0v) is 19.6. The van der Waals surface area contributed by atoms with Crippen LogP contribution in [0.2, 0.25) is 5.02 Å². The van der Waals surface area contributed by atoms with Crippen LogP contribution in [0, 0.1) is 23.2 Å². The van der Waals surface area contributed by atoms with Gasteiger partial charge in [-0.2, -0.15) is 0 Å². The van der Waals surface area contributed by atoms with E-state index in [0.29, 0.717) is 23.9 Å². The SMILES string of the molecule is CN(C(=O)C1(C(=O)O)CC1)c1ccc(Nc2ccc(C34CC5CC(C3)C(C5)C4)cc2Cl)cc1. The van der Waals surface area contributed by atoms with Crippen LogP contribution in [-0.2, 0) is 15.0 Å². The number of hydrogen-bond donors (Lipinski definition) is 2. The minimum absolute atomic E-state index is 0.340. The summed E-state index contributed by atoms with van der Waals surface area (Å²) in [5.41, 5.74) is 2.91. The first-order valence-electron chi connectivity index (χ1n) is 12.0. The van der Waals surface area contributed by atoms with Gasteiger partial charge >= 0.3 is 5.97 Å². The summed E-state index contributed by atoms with van der Waals surface area (Å²) in [5.74, 6) is 1.37. The molecule has 0 saturated heterocycles. The first-order chi connectivity index (χ1) is 15.8. The third-order valence-electron chi connectivity index (χ3n) is 8.91. The van der Waals surface area contributed by atoms with E-state index < -0.39 is 11.4 Å². The Kier molecular flexibility index (Phi) is 4.61. The van der Waals surface area contributed by atoms with Gasteiger partial charge in [0.05, 0.1) is 10.7 Å². The van der Waals surface area contributed by atoms with Crippen molar-refractivity contribution in [3.05, 3.63) is 53.1 Å². The Balaban J connectivity index is 1.16. The molecule has 2 atom stereocenters. The highest BCUT2D eigenvalue weighted by atomic mass is 35.5. The number of hydrogen-bond acceptors (Lipinski definition) is 3. The van der Waals surface area contributed by atoms with Crippen molar-refractivity contribution >= 4 is 40.5 Å². The van der Waals surface area contributed by atoms with Gasteiger partial charge in [-0.05, 0) is 110 Å². The lowest BCUT2D eigenvalue weighted by Crippen LogP contribution is -2.38. The predicted molar refractivity (Wildman–Crippen MR) is 129 cm³/mol. The second kappa shape index (κ2) is 7.23. The second-order valence-corrected chi connectivity index (χ2v) is 11.3. The fourth-order valence-corrected chi connectivity index (χ4v) is 7.34. The van der Waals surface area contributed by atoms with E-state index >= 15 is 0 Å². The molecule has 7 rings (SSSR count). The van der Waals surface area contributed by atoms with E-state index in [0.717, 1.165) is 34.2 Å². The standard InChI is InChI=1S/C27H29ClN2O3/c1-30(24(31)27(8-9-27)25(32)33)21-5-3-20(4-6-21)29-23-7-2-19(12-22(23)28)26-13-16-10-17(14-26)18(11-16)15-26/h2-7,12,16-18,29H,8-11,13-15H2,1H3,(H,32,33). The average molecular weight is 465 g/mol. The van der Waals surface area contributed by atoms with Gasteiger partial charge in [0, 0.05) is 18.4 Å². The van der Waals surface area contributed by atoms with E-state index in [1.165, 1.54) is 42.6 Å². The highest BCUT2D eigenvalue weighted by Gasteiger charge is 2.58. The first-order valence-corrected chi connectivity index (χ1v) is 12.4. The predicted octanol–water partition coefficient (Wildman–Crippen LogP) is 5.99. The topological polar surface area (TPSA) is 69.6 Å². The molecule has 172 valence electrons. The number of carboxylic acids is 1. The van der Waals surface area contributed by atoms with Crippen LogP contribution in [0.4, 0.5) is 17.1 Å². The normalized spacial score (nSPS) is 30.3. The van der Waals surface area contributed by atoms with Gasteiger partial charge in [-0.25, -0.2) is 0 Å². The van der Waals surface area contributed by atoms with Crippen molar-refractivity contribution in [3.8, 4) is 0 Å². The lowest BCUT2D eigenvalue weighted by Gasteiger charge is -2.39. The summed E-state index contributed by atoms with van der Waals surface area (Å²) in [6, 6.07) is 13.9. The Morgan fingerprint density at radius 1 is 1.03 bits per heavy atom. The molecule has 5 aliphatic rings. The maximum absolute atomic E-state index is 12.6. The molecule has 2 unspecified atom stereocenters. The smallest absolute Gasteiger partial charge is 0.319 e. The molecule has 4 bridgehead atoms. The number of halogens is 1. The van der Waals surface area contributed by atoms with Crippen molar-refractivity contribution in [2.24, 2.45) is 23.2 Å². The molecule has 2 N–H and O–H groups in total. The largest absolute Gasteiger partial charge is 0.480 e. The Hall–Kier alpha value is -2.53. The lowest BCUT2D eigenvalue weighted by atomic mass is 9.66. The van der Waals surface area contributed by atoms with Crippen molar-refractivity contribution in [1.82, 2.24) is 0 Å². The summed E-state index contributed by atoms with van der Waals surface area (Å²) in [6.45, 7) is 0. The van der Waals surface area contributed by atoms with Crippen molar-refractivity contribution in [2.75, 3.05) is 17.3 Å². The van der Waals surface area contributed by atoms with Gasteiger partial charge in [0.15, 0.2) is 0 Å². The molecule has 5 fully saturated rings. The van der Waals surface area contributed by atoms with E-state index in [1.54, 1.807) is 7.05 Å². The number of carbonyl (C=O) groups is 2. The van der Waals surface area contributed by atoms with Crippen LogP contribution < -0.4 is 10.2 Å². The molecule has 0 radical (unpaired) electrons. The van der Waals surface area contributed by atoms with Gasteiger partial charge in [0.2, 0.25) is 5.91 Å². The van der Waals surface area contributed by atoms with Crippen LogP contribution >= 0.6 is 11.6 Å². The summed E-state index contributed by atoms with van der Waals surface area (Å²) in [5, 5.41) is 13.5. The summed E-state index contributed by atoms with van der Waals surface area (Å²) in [4.78, 5) is 25.5. The number of anilines is 3. The number of carbonyl (C=O) groups excluding carboxylic acids is 1. The van der Waals surface area contributed by atoms with E-state index in [4.69, 9.17) is 11.6 Å². The fourth-order valence-electron chi connectivity index (χ4n) is 7.12. The number of aliphatic carboxylic acids is 1. The van der Waals surface area contributed by atoms with Crippen LogP contribution in [0.15, 0.2) is 42.5 Å². The maximum atomic E-state index is 12.6. The molecule has 0 spiro atoms. The van der Waals surface area contributed by atoms with Gasteiger partial charge < -0.3 is 15.3 Å². The molecule has 6 heteroatoms. The molecular weight excluding hydrogens is 436 g/mol. The van der Waals surface area contributed by atoms with E-state index in [2.05, 4.69) is 23.5 Å². The molecule has 1 amide bonds. The van der Waals surface area contributed by atoms with Gasteiger partial charge in [-0.15, -0.1) is 0 Å². The summed E-state index contributed by atoms with van der Waals surface area (Å²) < 4.78 is 0. The molecule has 2 aromatic rings. The number of rotatable bonds is 6. The quantitative estimate of drug-likeness (QED) is 0.515. The monoisotopic (exact) mass is 464 g/mol. The molecule has 33 heavy (non-hydrogen) atoms. The molecular formula is C27H29ClN2O3. The number of nitrogens with zero attached hydrogens (tertiary/aromatic N) is 1. The Morgan fingerprint density at radius 3 is 2.24 bits per heavy atom. The van der Waals surface area contributed by atoms with Gasteiger partial charge in [0.25, 0.3) is 0 Å². The first kappa shape index (κ1) is 21.0. The van der Waals surface area contributed by atoms with Crippen molar-refractivity contribution in [1.29, 1.82) is 0 Å². The number of amides is 1. The summed E-state index contributed by atoms with van der Waals surface area (Å²) in [7, 11) is 1.63. The molecule has 2 aromatic carbocycles. The highest BCUT2D eigenvalue weighted by Crippen LogP contribution is 2.65. The Morgan fingerprint density at radius 2 is 1.70 bits per heavy atom. The average Bonchev–Trinajstić information content (AvgIpc) is 3.52. The highest BCUT2D eigenvalue weighted by molar-refractivity contribution is 6.33. The van der Waals surface area contributed by atoms with Crippen LogP contribution in [-0.4, -0.2) is 24.0 Å². The summed E-state index contributed by atoms with van der Waals surface area (Å²) in [6.07, 6.45) is 7.66. The van der Waals surface area contributed by atoms with Crippen molar-refractivity contribution < 1.29 is 14.7 Å². The third kappa shape index (κ3) is 3.27. The Bertz CT molecular complexity index is 1120. The molecule has 5 nitrogen and oxygen atoms in total. The maximum Gasteiger partial charge on any atom is 0.319 e. The zero-order chi connectivity index (χ0) is 23.0. The van der Waals surface area contributed by atoms with Gasteiger partial charge in [-0.3, -0.25) is 9.59 Å². The van der Waals surface area contributed by atoms with Crippen molar-refractivity contribution in [2.45, 2.75) is 50.4 Å². The zero-order valence-electron chi connectivity index (χ0n) is 18.8. The minimum Gasteiger partial charge on any atom is -0.480 e. The van der Waals surface area contributed by atoms with E-state index in [1.807, 2.05) is 24.3 Å². The fraction of sp³-hybridized carbons (Fsp3) is 0.481. The third-order valence-corrected chi connectivity index (χ3v) is 9.23. The second-order valence-electron chi connectivity index (χ2n) is 10.9. The van der Waals surface area contributed by atoms with E-state index in [-0.39, 0.29) is 5.91 Å². The van der Waals surface area contributed by atoms with Gasteiger partial charge in [-0.1, -0.05) is 17.7 Å². The molecule has 5 aliphatic carbocycles. The summed E-state index contributed by atoms with van der Waals surface area (Å²) >= 11 is 6.72. The van der Waals surface area contributed by atoms with Crippen molar-refractivity contribution in [3.63, 3.8) is 0 Å². The molecule has 5 saturated carbocycles. The van der Waals surface area contributed by atoms with Crippen LogP contribution in [0.5, 0.6) is 0 Å². The van der Waals surface area contributed by atoms with Crippen LogP contribution in [0.3, 0.4) is 0 Å². The van der Waals surface area contributed by atoms with Gasteiger partial charge in [0.1, 0.15) is 5.41 Å². The Labute approximate surface area is 199 Å². The molecule has 0 aromatic heterocycles. The van der Waals surface area contributed by atoms with Crippen LogP contribution in [0.1, 0.15) is 50.5 Å². The van der Waals surface area contributed by atoms with Crippen LogP contribution in [0.25, 0.3) is 0 Å². The minimum atomic E-state index is -1.24. The van der Waals surface area contributed by atoms with E-state index in [9.17, 15) is 14.7 Å². The molecule has 0 heterocycles. The number of nitrogens with one attached hydrogen (secondary N) is 1. The lowest BCUT2D eigenvalue weighted by molar-refractivity contribution is -0.148.